The van der Waals surface area contributed by atoms with Crippen LogP contribution < -0.4 is 0 Å². The third kappa shape index (κ3) is 1.99. The van der Waals surface area contributed by atoms with Gasteiger partial charge in [-0.2, -0.15) is 0 Å². The fourth-order valence-corrected chi connectivity index (χ4v) is 1.49. The van der Waals surface area contributed by atoms with Gasteiger partial charge >= 0.3 is 0 Å². The van der Waals surface area contributed by atoms with Crippen LogP contribution >= 0.6 is 0 Å². The first-order valence-electron chi connectivity index (χ1n) is 4.46. The minimum Gasteiger partial charge on any atom is -0.333 e. The highest BCUT2D eigenvalue weighted by Gasteiger charge is 1.98. The van der Waals surface area contributed by atoms with Crippen LogP contribution in [0.25, 0.3) is 0 Å². The van der Waals surface area contributed by atoms with Crippen molar-refractivity contribution in [3.63, 3.8) is 0 Å². The molecule has 1 aromatic carbocycles. The van der Waals surface area contributed by atoms with Crippen LogP contribution in [-0.2, 0) is 6.54 Å². The van der Waals surface area contributed by atoms with Gasteiger partial charge < -0.3 is 4.57 Å². The maximum Gasteiger partial charge on any atom is 0.123 e. The number of rotatable bonds is 2. The quantitative estimate of drug-likeness (QED) is 0.711. The first kappa shape index (κ1) is 8.94. The molecule has 1 aromatic heterocycles. The van der Waals surface area contributed by atoms with E-state index >= 15 is 0 Å². The van der Waals surface area contributed by atoms with Gasteiger partial charge in [0.05, 0.1) is 6.33 Å². The Kier molecular flexibility index (Phi) is 2.31. The van der Waals surface area contributed by atoms with Crippen molar-refractivity contribution >= 4 is 0 Å². The number of aromatic nitrogens is 2. The Hall–Kier alpha value is -1.64. The highest BCUT2D eigenvalue weighted by atomic mass is 19.1. The average Bonchev–Trinajstić information content (AvgIpc) is 2.54. The van der Waals surface area contributed by atoms with Crippen molar-refractivity contribution in [2.24, 2.45) is 0 Å². The van der Waals surface area contributed by atoms with E-state index in [-0.39, 0.29) is 5.82 Å². The Morgan fingerprint density at radius 2 is 2.21 bits per heavy atom. The Labute approximate surface area is 82.0 Å². The molecule has 0 atom stereocenters. The molecule has 0 saturated carbocycles. The number of hydrogen-bond acceptors (Lipinski definition) is 1. The van der Waals surface area contributed by atoms with Crippen LogP contribution in [0.3, 0.4) is 0 Å². The summed E-state index contributed by atoms with van der Waals surface area (Å²) in [5.74, 6) is -0.180. The van der Waals surface area contributed by atoms with Crippen LogP contribution in [0.1, 0.15) is 11.1 Å². The minimum atomic E-state index is -0.180. The highest BCUT2D eigenvalue weighted by molar-refractivity contribution is 5.23. The zero-order valence-electron chi connectivity index (χ0n) is 7.94. The molecule has 3 heteroatoms. The van der Waals surface area contributed by atoms with E-state index in [9.17, 15) is 4.39 Å². The number of aryl methyl sites for hydroxylation is 1. The van der Waals surface area contributed by atoms with Gasteiger partial charge in [0.15, 0.2) is 0 Å². The van der Waals surface area contributed by atoms with E-state index in [1.165, 1.54) is 6.07 Å². The second-order valence-electron chi connectivity index (χ2n) is 3.37. The maximum absolute atomic E-state index is 13.0. The van der Waals surface area contributed by atoms with E-state index in [0.717, 1.165) is 11.1 Å². The van der Waals surface area contributed by atoms with Crippen molar-refractivity contribution < 1.29 is 4.39 Å². The molecule has 0 aliphatic carbocycles. The van der Waals surface area contributed by atoms with E-state index in [4.69, 9.17) is 0 Å². The van der Waals surface area contributed by atoms with E-state index in [2.05, 4.69) is 4.98 Å². The topological polar surface area (TPSA) is 17.8 Å². The van der Waals surface area contributed by atoms with Gasteiger partial charge in [-0.1, -0.05) is 6.07 Å². The Morgan fingerprint density at radius 1 is 1.36 bits per heavy atom. The summed E-state index contributed by atoms with van der Waals surface area (Å²) in [5, 5.41) is 0. The maximum atomic E-state index is 13.0. The zero-order valence-corrected chi connectivity index (χ0v) is 7.94. The molecule has 2 aromatic rings. The van der Waals surface area contributed by atoms with Gasteiger partial charge in [-0.25, -0.2) is 9.37 Å². The molecule has 0 radical (unpaired) electrons. The Balaban J connectivity index is 2.25. The van der Waals surface area contributed by atoms with Gasteiger partial charge in [0.25, 0.3) is 0 Å². The summed E-state index contributed by atoms with van der Waals surface area (Å²) in [4.78, 5) is 3.93. The van der Waals surface area contributed by atoms with E-state index in [1.54, 1.807) is 18.6 Å². The molecule has 0 amide bonds. The molecule has 2 nitrogen and oxygen atoms in total. The van der Waals surface area contributed by atoms with Crippen molar-refractivity contribution in [3.8, 4) is 0 Å². The molecule has 0 fully saturated rings. The summed E-state index contributed by atoms with van der Waals surface area (Å²) in [6.45, 7) is 2.55. The van der Waals surface area contributed by atoms with Gasteiger partial charge in [-0.3, -0.25) is 0 Å². The number of nitrogens with zero attached hydrogens (tertiary/aromatic N) is 2. The standard InChI is InChI=1S/C11H11FN2/c1-9-4-10(6-11(12)5-9)7-14-3-2-13-8-14/h2-6,8H,7H2,1H3. The molecule has 2 rings (SSSR count). The molecule has 0 bridgehead atoms. The molecule has 0 N–H and O–H groups in total. The number of benzene rings is 1. The molecule has 14 heavy (non-hydrogen) atoms. The lowest BCUT2D eigenvalue weighted by Gasteiger charge is -2.03. The number of hydrogen-bond donors (Lipinski definition) is 0. The molecular formula is C11H11FN2. The van der Waals surface area contributed by atoms with Crippen molar-refractivity contribution in [2.45, 2.75) is 13.5 Å². The normalized spacial score (nSPS) is 10.4. The van der Waals surface area contributed by atoms with Crippen LogP contribution in [0.4, 0.5) is 4.39 Å². The lowest BCUT2D eigenvalue weighted by atomic mass is 10.1. The van der Waals surface area contributed by atoms with Gasteiger partial charge in [-0.15, -0.1) is 0 Å². The molecule has 72 valence electrons. The third-order valence-corrected chi connectivity index (χ3v) is 2.03. The predicted molar refractivity (Wildman–Crippen MR) is 52.5 cm³/mol. The van der Waals surface area contributed by atoms with Crippen molar-refractivity contribution in [1.29, 1.82) is 0 Å². The van der Waals surface area contributed by atoms with E-state index in [0.29, 0.717) is 6.54 Å². The summed E-state index contributed by atoms with van der Waals surface area (Å²) in [7, 11) is 0. The molecule has 0 aliphatic heterocycles. The molecule has 0 saturated heterocycles. The van der Waals surface area contributed by atoms with Crippen molar-refractivity contribution in [2.75, 3.05) is 0 Å². The minimum absolute atomic E-state index is 0.180. The summed E-state index contributed by atoms with van der Waals surface area (Å²) in [6.07, 6.45) is 5.30. The predicted octanol–water partition coefficient (Wildman–Crippen LogP) is 2.38. The number of halogens is 1. The van der Waals surface area contributed by atoms with Gasteiger partial charge in [-0.05, 0) is 30.2 Å². The van der Waals surface area contributed by atoms with Crippen LogP contribution in [0.15, 0.2) is 36.9 Å². The zero-order chi connectivity index (χ0) is 9.97. The van der Waals surface area contributed by atoms with E-state index in [1.807, 2.05) is 23.8 Å². The smallest absolute Gasteiger partial charge is 0.123 e. The SMILES string of the molecule is Cc1cc(F)cc(Cn2ccnc2)c1. The van der Waals surface area contributed by atoms with Crippen molar-refractivity contribution in [3.05, 3.63) is 53.9 Å². The monoisotopic (exact) mass is 190 g/mol. The third-order valence-electron chi connectivity index (χ3n) is 2.03. The van der Waals surface area contributed by atoms with Crippen LogP contribution in [0.5, 0.6) is 0 Å². The molecule has 0 aliphatic rings. The fourth-order valence-electron chi connectivity index (χ4n) is 1.49. The second-order valence-corrected chi connectivity index (χ2v) is 3.37. The Bertz CT molecular complexity index is 401. The summed E-state index contributed by atoms with van der Waals surface area (Å²) in [6, 6.07) is 5.05. The van der Waals surface area contributed by atoms with E-state index < -0.39 is 0 Å². The molecule has 0 spiro atoms. The first-order valence-corrected chi connectivity index (χ1v) is 4.46. The lowest BCUT2D eigenvalue weighted by Crippen LogP contribution is -1.97. The van der Waals surface area contributed by atoms with Gasteiger partial charge in [0.1, 0.15) is 5.82 Å². The fraction of sp³-hybridized carbons (Fsp3) is 0.182. The van der Waals surface area contributed by atoms with Crippen LogP contribution in [0, 0.1) is 12.7 Å². The summed E-state index contributed by atoms with van der Waals surface area (Å²) >= 11 is 0. The largest absolute Gasteiger partial charge is 0.333 e. The van der Waals surface area contributed by atoms with Crippen LogP contribution in [0.2, 0.25) is 0 Å². The Morgan fingerprint density at radius 3 is 2.86 bits per heavy atom. The van der Waals surface area contributed by atoms with Gasteiger partial charge in [0, 0.05) is 18.9 Å². The molecular weight excluding hydrogens is 179 g/mol. The van der Waals surface area contributed by atoms with Crippen molar-refractivity contribution in [1.82, 2.24) is 9.55 Å². The van der Waals surface area contributed by atoms with Crippen LogP contribution in [-0.4, -0.2) is 9.55 Å². The highest BCUT2D eigenvalue weighted by Crippen LogP contribution is 2.09. The van der Waals surface area contributed by atoms with Gasteiger partial charge in [0.2, 0.25) is 0 Å². The lowest BCUT2D eigenvalue weighted by molar-refractivity contribution is 0.622. The molecule has 1 heterocycles. The molecule has 0 unspecified atom stereocenters. The average molecular weight is 190 g/mol. The summed E-state index contributed by atoms with van der Waals surface area (Å²) < 4.78 is 14.9. The first-order chi connectivity index (χ1) is 6.74. The summed E-state index contributed by atoms with van der Waals surface area (Å²) in [5.41, 5.74) is 1.90. The number of imidazole rings is 1. The second kappa shape index (κ2) is 3.62.